The van der Waals surface area contributed by atoms with E-state index in [4.69, 9.17) is 4.74 Å². The maximum absolute atomic E-state index is 13.5. The first-order chi connectivity index (χ1) is 11.5. The van der Waals surface area contributed by atoms with E-state index in [1.807, 2.05) is 4.90 Å². The number of hydrogen-bond acceptors (Lipinski definition) is 5. The van der Waals surface area contributed by atoms with Gasteiger partial charge in [-0.15, -0.1) is 0 Å². The molecule has 24 heavy (non-hydrogen) atoms. The van der Waals surface area contributed by atoms with Crippen molar-refractivity contribution in [2.24, 2.45) is 5.92 Å². The first kappa shape index (κ1) is 16.6. The summed E-state index contributed by atoms with van der Waals surface area (Å²) in [4.78, 5) is 39.2. The van der Waals surface area contributed by atoms with Gasteiger partial charge in [0.2, 0.25) is 0 Å². The Labute approximate surface area is 139 Å². The highest BCUT2D eigenvalue weighted by Gasteiger charge is 2.37. The monoisotopic (exact) mass is 334 g/mol. The Kier molecular flexibility index (Phi) is 4.62. The van der Waals surface area contributed by atoms with E-state index in [0.717, 1.165) is 0 Å². The number of anilines is 1. The summed E-state index contributed by atoms with van der Waals surface area (Å²) < 4.78 is 18.5. The summed E-state index contributed by atoms with van der Waals surface area (Å²) in [6, 6.07) is 3.74. The molecule has 0 aromatic heterocycles. The summed E-state index contributed by atoms with van der Waals surface area (Å²) in [5, 5.41) is 0. The summed E-state index contributed by atoms with van der Waals surface area (Å²) in [5.74, 6) is -2.03. The van der Waals surface area contributed by atoms with Crippen LogP contribution in [0.3, 0.4) is 0 Å². The summed E-state index contributed by atoms with van der Waals surface area (Å²) in [6.07, 6.45) is 1.29. The maximum Gasteiger partial charge on any atom is 0.309 e. The van der Waals surface area contributed by atoms with Crippen molar-refractivity contribution in [3.05, 3.63) is 29.6 Å². The molecule has 0 saturated carbocycles. The van der Waals surface area contributed by atoms with Crippen molar-refractivity contribution < 1.29 is 23.5 Å². The highest BCUT2D eigenvalue weighted by atomic mass is 19.1. The molecule has 1 amide bonds. The van der Waals surface area contributed by atoms with Gasteiger partial charge in [-0.05, 0) is 38.0 Å². The van der Waals surface area contributed by atoms with Crippen LogP contribution in [0.15, 0.2) is 18.2 Å². The molecule has 2 aliphatic heterocycles. The molecule has 0 bridgehead atoms. The molecule has 0 radical (unpaired) electrons. The number of piperidine rings is 1. The number of likely N-dealkylation sites (tertiary alicyclic amines) is 1. The van der Waals surface area contributed by atoms with Crippen molar-refractivity contribution in [1.29, 1.82) is 0 Å². The average Bonchev–Trinajstić information content (AvgIpc) is 2.80. The number of carbonyl (C=O) groups is 3. The fraction of sp³-hybridized carbons (Fsp3) is 0.471. The quantitative estimate of drug-likeness (QED) is 0.618. The molecule has 1 saturated heterocycles. The number of esters is 1. The minimum absolute atomic E-state index is 0.123. The van der Waals surface area contributed by atoms with E-state index in [2.05, 4.69) is 0 Å². The van der Waals surface area contributed by atoms with Crippen LogP contribution in [0.2, 0.25) is 0 Å². The van der Waals surface area contributed by atoms with Gasteiger partial charge in [0.05, 0.1) is 30.4 Å². The number of rotatable bonds is 4. The highest BCUT2D eigenvalue weighted by molar-refractivity contribution is 6.52. The second-order valence-corrected chi connectivity index (χ2v) is 6.01. The van der Waals surface area contributed by atoms with Crippen LogP contribution < -0.4 is 4.90 Å². The van der Waals surface area contributed by atoms with Gasteiger partial charge < -0.3 is 4.74 Å². The average molecular weight is 334 g/mol. The molecule has 2 heterocycles. The number of amides is 1. The summed E-state index contributed by atoms with van der Waals surface area (Å²) in [7, 11) is 0. The topological polar surface area (TPSA) is 66.9 Å². The minimum Gasteiger partial charge on any atom is -0.466 e. The second kappa shape index (κ2) is 6.68. The van der Waals surface area contributed by atoms with Gasteiger partial charge in [0.1, 0.15) is 5.82 Å². The predicted molar refractivity (Wildman–Crippen MR) is 84.0 cm³/mol. The number of fused-ring (bicyclic) bond motifs is 1. The van der Waals surface area contributed by atoms with Crippen molar-refractivity contribution in [3.63, 3.8) is 0 Å². The molecule has 0 N–H and O–H groups in total. The lowest BCUT2D eigenvalue weighted by atomic mass is 9.97. The fourth-order valence-electron chi connectivity index (χ4n) is 3.18. The molecule has 1 aromatic carbocycles. The van der Waals surface area contributed by atoms with Gasteiger partial charge in [0.25, 0.3) is 5.78 Å². The van der Waals surface area contributed by atoms with E-state index in [1.54, 1.807) is 6.92 Å². The molecule has 6 nitrogen and oxygen atoms in total. The Morgan fingerprint density at radius 3 is 2.67 bits per heavy atom. The third kappa shape index (κ3) is 3.03. The van der Waals surface area contributed by atoms with Crippen LogP contribution in [0.4, 0.5) is 10.1 Å². The van der Waals surface area contributed by atoms with Crippen LogP contribution in [-0.4, -0.2) is 48.9 Å². The Morgan fingerprint density at radius 1 is 1.29 bits per heavy atom. The smallest absolute Gasteiger partial charge is 0.309 e. The minimum atomic E-state index is -0.636. The van der Waals surface area contributed by atoms with Gasteiger partial charge in [-0.1, -0.05) is 0 Å². The van der Waals surface area contributed by atoms with Crippen LogP contribution >= 0.6 is 0 Å². The predicted octanol–water partition coefficient (Wildman–Crippen LogP) is 1.59. The van der Waals surface area contributed by atoms with Gasteiger partial charge in [-0.3, -0.25) is 24.2 Å². The molecular formula is C17H19FN2O4. The molecule has 0 unspecified atom stereocenters. The van der Waals surface area contributed by atoms with Crippen LogP contribution in [-0.2, 0) is 14.3 Å². The molecule has 1 fully saturated rings. The lowest BCUT2D eigenvalue weighted by Crippen LogP contribution is -2.45. The third-order valence-corrected chi connectivity index (χ3v) is 4.48. The van der Waals surface area contributed by atoms with E-state index >= 15 is 0 Å². The third-order valence-electron chi connectivity index (χ3n) is 4.48. The maximum atomic E-state index is 13.5. The number of hydrogen-bond donors (Lipinski definition) is 0. The molecule has 128 valence electrons. The molecule has 0 aliphatic carbocycles. The van der Waals surface area contributed by atoms with Crippen molar-refractivity contribution in [1.82, 2.24) is 4.90 Å². The molecule has 0 atom stereocenters. The zero-order valence-corrected chi connectivity index (χ0v) is 13.5. The number of benzene rings is 1. The van der Waals surface area contributed by atoms with Crippen molar-refractivity contribution in [2.75, 3.05) is 31.3 Å². The van der Waals surface area contributed by atoms with Gasteiger partial charge in [0, 0.05) is 13.1 Å². The second-order valence-electron chi connectivity index (χ2n) is 6.01. The van der Waals surface area contributed by atoms with Crippen LogP contribution in [0, 0.1) is 11.7 Å². The number of Topliss-reactive ketones (excluding diaryl/α,β-unsaturated/α-hetero) is 1. The zero-order valence-electron chi connectivity index (χ0n) is 13.5. The molecule has 3 rings (SSSR count). The van der Waals surface area contributed by atoms with Crippen LogP contribution in [0.1, 0.15) is 30.1 Å². The first-order valence-electron chi connectivity index (χ1n) is 8.06. The Bertz CT molecular complexity index is 683. The van der Waals surface area contributed by atoms with E-state index in [-0.39, 0.29) is 24.1 Å². The van der Waals surface area contributed by atoms with E-state index in [0.29, 0.717) is 38.2 Å². The van der Waals surface area contributed by atoms with E-state index in [1.165, 1.54) is 23.1 Å². The lowest BCUT2D eigenvalue weighted by Gasteiger charge is -2.33. The first-order valence-corrected chi connectivity index (χ1v) is 8.06. The zero-order chi connectivity index (χ0) is 17.3. The summed E-state index contributed by atoms with van der Waals surface area (Å²) >= 11 is 0. The number of nitrogens with zero attached hydrogens (tertiary/aromatic N) is 2. The molecule has 7 heteroatoms. The van der Waals surface area contributed by atoms with Crippen molar-refractivity contribution in [3.8, 4) is 0 Å². The fourth-order valence-corrected chi connectivity index (χ4v) is 3.18. The summed E-state index contributed by atoms with van der Waals surface area (Å²) in [6.45, 7) is 3.60. The van der Waals surface area contributed by atoms with Crippen molar-refractivity contribution in [2.45, 2.75) is 19.8 Å². The van der Waals surface area contributed by atoms with E-state index in [9.17, 15) is 18.8 Å². The Balaban J connectivity index is 1.66. The lowest BCUT2D eigenvalue weighted by molar-refractivity contribution is -0.149. The van der Waals surface area contributed by atoms with Gasteiger partial charge in [-0.25, -0.2) is 4.39 Å². The normalized spacial score (nSPS) is 18.8. The number of ether oxygens (including phenoxy) is 1. The highest BCUT2D eigenvalue weighted by Crippen LogP contribution is 2.30. The number of ketones is 1. The standard InChI is InChI=1S/C17H19FN2O4/c1-2-24-17(23)11-5-7-19(8-6-11)10-20-14-9-12(18)3-4-13(14)15(21)16(20)22/h3-4,9,11H,2,5-8,10H2,1H3. The number of carbonyl (C=O) groups excluding carboxylic acids is 3. The van der Waals surface area contributed by atoms with Gasteiger partial charge in [-0.2, -0.15) is 0 Å². The molecule has 1 aromatic rings. The van der Waals surface area contributed by atoms with Crippen LogP contribution in [0.5, 0.6) is 0 Å². The van der Waals surface area contributed by atoms with Gasteiger partial charge >= 0.3 is 11.9 Å². The number of halogens is 1. The molecular weight excluding hydrogens is 315 g/mol. The Hall–Kier alpha value is -2.28. The van der Waals surface area contributed by atoms with Crippen LogP contribution in [0.25, 0.3) is 0 Å². The largest absolute Gasteiger partial charge is 0.466 e. The molecule has 0 spiro atoms. The molecule has 2 aliphatic rings. The summed E-state index contributed by atoms with van der Waals surface area (Å²) in [5.41, 5.74) is 0.556. The van der Waals surface area contributed by atoms with Crippen molar-refractivity contribution >= 4 is 23.3 Å². The Morgan fingerprint density at radius 2 is 2.00 bits per heavy atom. The SMILES string of the molecule is CCOC(=O)C1CCN(CN2C(=O)C(=O)c3ccc(F)cc32)CC1. The van der Waals surface area contributed by atoms with E-state index < -0.39 is 17.5 Å². The van der Waals surface area contributed by atoms with Gasteiger partial charge in [0.15, 0.2) is 0 Å².